The summed E-state index contributed by atoms with van der Waals surface area (Å²) >= 11 is 0. The Bertz CT molecular complexity index is 463. The minimum atomic E-state index is 0.0975. The molecule has 0 saturated carbocycles. The highest BCUT2D eigenvalue weighted by Gasteiger charge is 2.38. The highest BCUT2D eigenvalue weighted by Crippen LogP contribution is 2.28. The van der Waals surface area contributed by atoms with Gasteiger partial charge in [0.2, 0.25) is 0 Å². The van der Waals surface area contributed by atoms with Crippen LogP contribution in [0, 0.1) is 5.92 Å². The van der Waals surface area contributed by atoms with E-state index in [0.717, 1.165) is 19.6 Å². The van der Waals surface area contributed by atoms with Gasteiger partial charge >= 0.3 is 0 Å². The molecule has 0 spiro atoms. The summed E-state index contributed by atoms with van der Waals surface area (Å²) in [6.45, 7) is 5.30. The Morgan fingerprint density at radius 3 is 3.05 bits per heavy atom. The molecule has 0 unspecified atom stereocenters. The number of benzene rings is 1. The van der Waals surface area contributed by atoms with Crippen molar-refractivity contribution >= 4 is 5.91 Å². The van der Waals surface area contributed by atoms with Crippen LogP contribution in [0.25, 0.3) is 0 Å². The van der Waals surface area contributed by atoms with Gasteiger partial charge in [-0.2, -0.15) is 0 Å². The molecule has 0 aliphatic carbocycles. The summed E-state index contributed by atoms with van der Waals surface area (Å²) in [5, 5.41) is 3.47. The van der Waals surface area contributed by atoms with Crippen LogP contribution in [0.5, 0.6) is 5.75 Å². The minimum absolute atomic E-state index is 0.0975. The third-order valence-corrected chi connectivity index (χ3v) is 4.07. The first-order chi connectivity index (χ1) is 9.29. The van der Waals surface area contributed by atoms with Crippen molar-refractivity contribution in [1.82, 2.24) is 10.2 Å². The van der Waals surface area contributed by atoms with Gasteiger partial charge in [-0.25, -0.2) is 0 Å². The van der Waals surface area contributed by atoms with E-state index in [2.05, 4.69) is 5.32 Å². The molecule has 1 aromatic carbocycles. The van der Waals surface area contributed by atoms with E-state index < -0.39 is 0 Å². The predicted molar refractivity (Wildman–Crippen MR) is 73.4 cm³/mol. The summed E-state index contributed by atoms with van der Waals surface area (Å²) in [4.78, 5) is 14.5. The van der Waals surface area contributed by atoms with Crippen molar-refractivity contribution in [3.05, 3.63) is 29.8 Å². The van der Waals surface area contributed by atoms with Gasteiger partial charge in [-0.15, -0.1) is 0 Å². The number of hydrogen-bond donors (Lipinski definition) is 1. The van der Waals surface area contributed by atoms with Gasteiger partial charge < -0.3 is 15.0 Å². The van der Waals surface area contributed by atoms with E-state index in [1.165, 1.54) is 6.42 Å². The molecule has 4 nitrogen and oxygen atoms in total. The number of rotatable bonds is 3. The van der Waals surface area contributed by atoms with Crippen molar-refractivity contribution in [3.63, 3.8) is 0 Å². The third-order valence-electron chi connectivity index (χ3n) is 4.07. The van der Waals surface area contributed by atoms with Crippen molar-refractivity contribution in [1.29, 1.82) is 0 Å². The molecule has 2 fully saturated rings. The molecule has 2 aliphatic rings. The van der Waals surface area contributed by atoms with Crippen molar-refractivity contribution in [3.8, 4) is 5.75 Å². The lowest BCUT2D eigenvalue weighted by Gasteiger charge is -2.19. The number of nitrogens with zero attached hydrogens (tertiary/aromatic N) is 1. The van der Waals surface area contributed by atoms with E-state index >= 15 is 0 Å². The van der Waals surface area contributed by atoms with Crippen LogP contribution in [-0.4, -0.2) is 43.1 Å². The lowest BCUT2D eigenvalue weighted by atomic mass is 10.1. The zero-order valence-corrected chi connectivity index (χ0v) is 11.3. The smallest absolute Gasteiger partial charge is 0.257 e. The Hall–Kier alpha value is -1.55. The van der Waals surface area contributed by atoms with Crippen LogP contribution in [0.1, 0.15) is 23.7 Å². The fourth-order valence-corrected chi connectivity index (χ4v) is 3.11. The topological polar surface area (TPSA) is 41.6 Å². The second-order valence-corrected chi connectivity index (χ2v) is 5.25. The van der Waals surface area contributed by atoms with Crippen molar-refractivity contribution < 1.29 is 9.53 Å². The van der Waals surface area contributed by atoms with E-state index in [0.29, 0.717) is 29.9 Å². The molecular weight excluding hydrogens is 240 g/mol. The lowest BCUT2D eigenvalue weighted by Crippen LogP contribution is -2.34. The number of amides is 1. The summed E-state index contributed by atoms with van der Waals surface area (Å²) in [7, 11) is 0. The first-order valence-electron chi connectivity index (χ1n) is 7.04. The van der Waals surface area contributed by atoms with Gasteiger partial charge in [-0.05, 0) is 37.9 Å². The first kappa shape index (κ1) is 12.5. The molecule has 3 rings (SSSR count). The van der Waals surface area contributed by atoms with Crippen LogP contribution in [0.15, 0.2) is 24.3 Å². The summed E-state index contributed by atoms with van der Waals surface area (Å²) in [6, 6.07) is 8.01. The minimum Gasteiger partial charge on any atom is -0.493 e. The molecular formula is C15H20N2O2. The number of hydrogen-bond acceptors (Lipinski definition) is 3. The number of para-hydroxylation sites is 1. The number of likely N-dealkylation sites (tertiary alicyclic amines) is 1. The Labute approximate surface area is 113 Å². The molecule has 0 bridgehead atoms. The Morgan fingerprint density at radius 1 is 1.42 bits per heavy atom. The van der Waals surface area contributed by atoms with Crippen LogP contribution in [0.2, 0.25) is 0 Å². The Kier molecular flexibility index (Phi) is 3.42. The number of ether oxygens (including phenoxy) is 1. The molecule has 102 valence electrons. The van der Waals surface area contributed by atoms with Crippen molar-refractivity contribution in [2.75, 3.05) is 26.2 Å². The molecule has 1 amide bonds. The second-order valence-electron chi connectivity index (χ2n) is 5.25. The average molecular weight is 260 g/mol. The highest BCUT2D eigenvalue weighted by molar-refractivity contribution is 5.97. The van der Waals surface area contributed by atoms with Gasteiger partial charge in [0.25, 0.3) is 5.91 Å². The normalized spacial score (nSPS) is 25.4. The molecule has 0 radical (unpaired) electrons. The fraction of sp³-hybridized carbons (Fsp3) is 0.533. The summed E-state index contributed by atoms with van der Waals surface area (Å²) in [6.07, 6.45) is 1.18. The van der Waals surface area contributed by atoms with Gasteiger partial charge in [-0.3, -0.25) is 4.79 Å². The lowest BCUT2D eigenvalue weighted by molar-refractivity contribution is 0.0778. The second kappa shape index (κ2) is 5.21. The summed E-state index contributed by atoms with van der Waals surface area (Å²) in [5.41, 5.74) is 0.685. The van der Waals surface area contributed by atoms with Crippen LogP contribution in [0.3, 0.4) is 0 Å². The predicted octanol–water partition coefficient (Wildman–Crippen LogP) is 1.52. The maximum absolute atomic E-state index is 12.6. The quantitative estimate of drug-likeness (QED) is 0.896. The number of nitrogens with one attached hydrogen (secondary N) is 1. The average Bonchev–Trinajstić information content (AvgIpc) is 2.99. The van der Waals surface area contributed by atoms with Gasteiger partial charge in [-0.1, -0.05) is 12.1 Å². The zero-order valence-electron chi connectivity index (χ0n) is 11.3. The number of carbonyl (C=O) groups excluding carboxylic acids is 1. The van der Waals surface area contributed by atoms with E-state index in [-0.39, 0.29) is 5.91 Å². The SMILES string of the molecule is CCOc1ccccc1C(=O)N1C[C@@H]2CCN[C@@H]2C1. The van der Waals surface area contributed by atoms with Gasteiger partial charge in [0.1, 0.15) is 5.75 Å². The molecule has 2 heterocycles. The largest absolute Gasteiger partial charge is 0.493 e. The van der Waals surface area contributed by atoms with Crippen LogP contribution >= 0.6 is 0 Å². The van der Waals surface area contributed by atoms with E-state index in [1.807, 2.05) is 36.1 Å². The Balaban J connectivity index is 1.77. The zero-order chi connectivity index (χ0) is 13.2. The highest BCUT2D eigenvalue weighted by atomic mass is 16.5. The molecule has 1 aromatic rings. The molecule has 1 N–H and O–H groups in total. The van der Waals surface area contributed by atoms with Gasteiger partial charge in [0.15, 0.2) is 0 Å². The van der Waals surface area contributed by atoms with E-state index in [9.17, 15) is 4.79 Å². The van der Waals surface area contributed by atoms with Crippen molar-refractivity contribution in [2.24, 2.45) is 5.92 Å². The summed E-state index contributed by atoms with van der Waals surface area (Å²) in [5.74, 6) is 1.42. The molecule has 19 heavy (non-hydrogen) atoms. The maximum atomic E-state index is 12.6. The number of carbonyl (C=O) groups is 1. The molecule has 2 saturated heterocycles. The van der Waals surface area contributed by atoms with Gasteiger partial charge in [0, 0.05) is 19.1 Å². The fourth-order valence-electron chi connectivity index (χ4n) is 3.11. The summed E-state index contributed by atoms with van der Waals surface area (Å²) < 4.78 is 5.55. The molecule has 4 heteroatoms. The van der Waals surface area contributed by atoms with Crippen LogP contribution < -0.4 is 10.1 Å². The molecule has 2 atom stereocenters. The van der Waals surface area contributed by atoms with Crippen LogP contribution in [0.4, 0.5) is 0 Å². The Morgan fingerprint density at radius 2 is 2.26 bits per heavy atom. The monoisotopic (exact) mass is 260 g/mol. The standard InChI is InChI=1S/C15H20N2O2/c1-2-19-14-6-4-3-5-12(14)15(18)17-9-11-7-8-16-13(11)10-17/h3-6,11,13,16H,2,7-10H2,1H3/t11-,13+/m0/s1. The molecule has 0 aromatic heterocycles. The van der Waals surface area contributed by atoms with Gasteiger partial charge in [0.05, 0.1) is 12.2 Å². The molecule has 2 aliphatic heterocycles. The van der Waals surface area contributed by atoms with Crippen molar-refractivity contribution in [2.45, 2.75) is 19.4 Å². The maximum Gasteiger partial charge on any atom is 0.257 e. The third kappa shape index (κ3) is 2.32. The first-order valence-corrected chi connectivity index (χ1v) is 7.04. The van der Waals surface area contributed by atoms with Crippen LogP contribution in [-0.2, 0) is 0 Å². The number of fused-ring (bicyclic) bond motifs is 1. The van der Waals surface area contributed by atoms with E-state index in [1.54, 1.807) is 0 Å². The van der Waals surface area contributed by atoms with E-state index in [4.69, 9.17) is 4.74 Å².